The first-order valence-corrected chi connectivity index (χ1v) is 9.51. The lowest BCUT2D eigenvalue weighted by atomic mass is 10.2. The molecule has 0 bridgehead atoms. The van der Waals surface area contributed by atoms with E-state index in [9.17, 15) is 9.59 Å². The van der Waals surface area contributed by atoms with Crippen molar-refractivity contribution in [2.24, 2.45) is 7.05 Å². The molecule has 2 N–H and O–H groups in total. The molecule has 1 aliphatic heterocycles. The van der Waals surface area contributed by atoms with Crippen molar-refractivity contribution in [2.75, 3.05) is 31.1 Å². The molecule has 2 aromatic heterocycles. The first-order chi connectivity index (χ1) is 13.6. The highest BCUT2D eigenvalue weighted by Gasteiger charge is 2.26. The van der Waals surface area contributed by atoms with E-state index in [1.165, 1.54) is 15.0 Å². The number of allylic oxidation sites excluding steroid dienone is 1. The molecule has 0 amide bonds. The van der Waals surface area contributed by atoms with Gasteiger partial charge in [-0.3, -0.25) is 14.3 Å². The molecule has 1 saturated heterocycles. The Morgan fingerprint density at radius 1 is 1.21 bits per heavy atom. The summed E-state index contributed by atoms with van der Waals surface area (Å²) >= 11 is 0. The Morgan fingerprint density at radius 2 is 1.93 bits per heavy atom. The third-order valence-electron chi connectivity index (χ3n) is 5.35. The van der Waals surface area contributed by atoms with Gasteiger partial charge in [-0.25, -0.2) is 4.79 Å². The predicted octanol–water partition coefficient (Wildman–Crippen LogP) is -0.486. The molecule has 0 spiro atoms. The summed E-state index contributed by atoms with van der Waals surface area (Å²) < 4.78 is 3.24. The van der Waals surface area contributed by atoms with Gasteiger partial charge < -0.3 is 14.4 Å². The van der Waals surface area contributed by atoms with Gasteiger partial charge in [0.15, 0.2) is 11.2 Å². The molecule has 8 nitrogen and oxygen atoms in total. The highest BCUT2D eigenvalue weighted by Crippen LogP contribution is 2.19. The van der Waals surface area contributed by atoms with Crippen LogP contribution in [0, 0.1) is 0 Å². The lowest BCUT2D eigenvalue weighted by Gasteiger charge is -2.33. The average molecular weight is 381 g/mol. The molecular formula is C20H25N6O2+. The number of H-pyrrole nitrogens is 1. The SMILES string of the molecule is C=CCn1c(N2CC[NH+](Cc3ccccc3)CC2)nc2c1c(=O)[nH]c(=O)n2C. The second-order valence-electron chi connectivity index (χ2n) is 7.20. The molecule has 28 heavy (non-hydrogen) atoms. The largest absolute Gasteiger partial charge is 0.331 e. The first kappa shape index (κ1) is 18.2. The number of imidazole rings is 1. The molecule has 4 rings (SSSR count). The number of benzene rings is 1. The lowest BCUT2D eigenvalue weighted by molar-refractivity contribution is -0.914. The molecule has 1 aliphatic rings. The van der Waals surface area contributed by atoms with Gasteiger partial charge in [0.05, 0.1) is 26.2 Å². The summed E-state index contributed by atoms with van der Waals surface area (Å²) in [5, 5.41) is 0. The van der Waals surface area contributed by atoms with E-state index in [1.807, 2.05) is 10.6 Å². The molecule has 3 aromatic rings. The summed E-state index contributed by atoms with van der Waals surface area (Å²) in [5.74, 6) is 0.723. The van der Waals surface area contributed by atoms with E-state index in [4.69, 9.17) is 0 Å². The zero-order valence-electron chi connectivity index (χ0n) is 16.0. The maximum absolute atomic E-state index is 12.4. The van der Waals surface area contributed by atoms with Gasteiger partial charge in [-0.05, 0) is 0 Å². The number of rotatable bonds is 5. The van der Waals surface area contributed by atoms with E-state index < -0.39 is 11.2 Å². The van der Waals surface area contributed by atoms with Gasteiger partial charge in [0.25, 0.3) is 5.56 Å². The fraction of sp³-hybridized carbons (Fsp3) is 0.350. The summed E-state index contributed by atoms with van der Waals surface area (Å²) in [7, 11) is 1.62. The molecule has 0 aliphatic carbocycles. The van der Waals surface area contributed by atoms with Crippen molar-refractivity contribution in [3.63, 3.8) is 0 Å². The van der Waals surface area contributed by atoms with Crippen LogP contribution >= 0.6 is 0 Å². The fourth-order valence-corrected chi connectivity index (χ4v) is 3.85. The zero-order chi connectivity index (χ0) is 19.7. The van der Waals surface area contributed by atoms with Crippen LogP contribution < -0.4 is 21.0 Å². The van der Waals surface area contributed by atoms with Crippen LogP contribution in [0.15, 0.2) is 52.6 Å². The molecule has 3 heterocycles. The predicted molar refractivity (Wildman–Crippen MR) is 109 cm³/mol. The zero-order valence-corrected chi connectivity index (χ0v) is 16.0. The van der Waals surface area contributed by atoms with Gasteiger partial charge in [-0.2, -0.15) is 4.98 Å². The topological polar surface area (TPSA) is 80.4 Å². The minimum absolute atomic E-state index is 0.407. The molecular weight excluding hydrogens is 356 g/mol. The van der Waals surface area contributed by atoms with Gasteiger partial charge in [-0.15, -0.1) is 6.58 Å². The molecule has 0 unspecified atom stereocenters. The number of hydrogen-bond donors (Lipinski definition) is 2. The Bertz CT molecular complexity index is 1100. The van der Waals surface area contributed by atoms with E-state index in [-0.39, 0.29) is 0 Å². The summed E-state index contributed by atoms with van der Waals surface area (Å²) in [4.78, 5) is 35.1. The Kier molecular flexibility index (Phi) is 4.87. The van der Waals surface area contributed by atoms with Crippen molar-refractivity contribution in [1.29, 1.82) is 0 Å². The number of anilines is 1. The van der Waals surface area contributed by atoms with Crippen LogP contribution in [0.2, 0.25) is 0 Å². The number of nitrogens with one attached hydrogen (secondary N) is 2. The minimum Gasteiger partial charge on any atom is -0.331 e. The Hall–Kier alpha value is -3.13. The highest BCUT2D eigenvalue weighted by atomic mass is 16.2. The molecule has 146 valence electrons. The molecule has 0 radical (unpaired) electrons. The van der Waals surface area contributed by atoms with Crippen LogP contribution in [0.1, 0.15) is 5.56 Å². The Balaban J connectivity index is 1.61. The lowest BCUT2D eigenvalue weighted by Crippen LogP contribution is -3.13. The molecule has 0 atom stereocenters. The monoisotopic (exact) mass is 381 g/mol. The van der Waals surface area contributed by atoms with Crippen LogP contribution in [-0.2, 0) is 20.1 Å². The van der Waals surface area contributed by atoms with Crippen molar-refractivity contribution in [3.05, 3.63) is 69.4 Å². The van der Waals surface area contributed by atoms with Gasteiger partial charge in [0.2, 0.25) is 5.95 Å². The second-order valence-corrected chi connectivity index (χ2v) is 7.20. The Morgan fingerprint density at radius 3 is 2.61 bits per heavy atom. The third-order valence-corrected chi connectivity index (χ3v) is 5.35. The van der Waals surface area contributed by atoms with Crippen molar-refractivity contribution in [2.45, 2.75) is 13.1 Å². The van der Waals surface area contributed by atoms with E-state index in [2.05, 4.69) is 45.7 Å². The minimum atomic E-state index is -0.454. The number of quaternary nitrogens is 1. The molecule has 1 aromatic carbocycles. The van der Waals surface area contributed by atoms with Crippen LogP contribution in [0.4, 0.5) is 5.95 Å². The van der Waals surface area contributed by atoms with E-state index >= 15 is 0 Å². The standard InChI is InChI=1S/C20H24N6O2/c1-3-9-26-16-17(23(2)20(28)22-18(16)27)21-19(26)25-12-10-24(11-13-25)14-15-7-5-4-6-8-15/h3-8H,1,9-14H2,2H3,(H,22,27,28)/p+1. The van der Waals surface area contributed by atoms with Crippen LogP contribution in [0.3, 0.4) is 0 Å². The number of fused-ring (bicyclic) bond motifs is 1. The van der Waals surface area contributed by atoms with Gasteiger partial charge in [0.1, 0.15) is 6.54 Å². The molecule has 1 fully saturated rings. The quantitative estimate of drug-likeness (QED) is 0.585. The van der Waals surface area contributed by atoms with Gasteiger partial charge in [0, 0.05) is 19.2 Å². The van der Waals surface area contributed by atoms with Crippen LogP contribution in [0.25, 0.3) is 11.2 Å². The molecule has 8 heteroatoms. The number of piperazine rings is 1. The summed E-state index contributed by atoms with van der Waals surface area (Å²) in [5.41, 5.74) is 1.29. The number of aromatic amines is 1. The van der Waals surface area contributed by atoms with Crippen molar-refractivity contribution >= 4 is 17.1 Å². The van der Waals surface area contributed by atoms with Gasteiger partial charge in [-0.1, -0.05) is 36.4 Å². The van der Waals surface area contributed by atoms with E-state index in [0.717, 1.165) is 38.7 Å². The smallest absolute Gasteiger partial charge is 0.329 e. The summed E-state index contributed by atoms with van der Waals surface area (Å²) in [6, 6.07) is 10.5. The average Bonchev–Trinajstić information content (AvgIpc) is 3.08. The highest BCUT2D eigenvalue weighted by molar-refractivity contribution is 5.74. The van der Waals surface area contributed by atoms with Crippen molar-refractivity contribution < 1.29 is 4.90 Å². The maximum Gasteiger partial charge on any atom is 0.329 e. The van der Waals surface area contributed by atoms with Crippen LogP contribution in [-0.4, -0.2) is 45.3 Å². The van der Waals surface area contributed by atoms with Crippen LogP contribution in [0.5, 0.6) is 0 Å². The first-order valence-electron chi connectivity index (χ1n) is 9.51. The second kappa shape index (κ2) is 7.47. The number of aromatic nitrogens is 4. The summed E-state index contributed by atoms with van der Waals surface area (Å²) in [6.45, 7) is 8.93. The summed E-state index contributed by atoms with van der Waals surface area (Å²) in [6.07, 6.45) is 1.74. The maximum atomic E-state index is 12.4. The van der Waals surface area contributed by atoms with Crippen molar-refractivity contribution in [1.82, 2.24) is 19.1 Å². The third kappa shape index (κ3) is 3.27. The fourth-order valence-electron chi connectivity index (χ4n) is 3.85. The van der Waals surface area contributed by atoms with Crippen molar-refractivity contribution in [3.8, 4) is 0 Å². The van der Waals surface area contributed by atoms with E-state index in [1.54, 1.807) is 13.1 Å². The number of aryl methyl sites for hydroxylation is 1. The number of nitrogens with zero attached hydrogens (tertiary/aromatic N) is 4. The number of hydrogen-bond acceptors (Lipinski definition) is 4. The Labute approximate surface area is 162 Å². The molecule has 0 saturated carbocycles. The van der Waals surface area contributed by atoms with E-state index in [0.29, 0.717) is 17.7 Å². The van der Waals surface area contributed by atoms with Gasteiger partial charge >= 0.3 is 5.69 Å². The normalized spacial score (nSPS) is 15.2.